The standard InChI is InChI=1S/C22H28N2O4S2/c1-16(17-4-6-19(28-2)7-5-17)23-22(25)18-12-14-24(15-13-18)30(26,27)21-10-8-20(29-3)9-11-21/h4-11,16,18H,12-15H2,1-3H3,(H,23,25)/t16-/m1/s1. The van der Waals surface area contributed by atoms with E-state index in [1.165, 1.54) is 4.31 Å². The molecule has 30 heavy (non-hydrogen) atoms. The fraction of sp³-hybridized carbons (Fsp3) is 0.409. The van der Waals surface area contributed by atoms with Crippen LogP contribution < -0.4 is 10.1 Å². The third-order valence-electron chi connectivity index (χ3n) is 5.50. The van der Waals surface area contributed by atoms with Gasteiger partial charge in [-0.15, -0.1) is 11.8 Å². The van der Waals surface area contributed by atoms with E-state index in [4.69, 9.17) is 4.74 Å². The van der Waals surface area contributed by atoms with Crippen LogP contribution in [0.5, 0.6) is 5.75 Å². The normalized spacial score (nSPS) is 16.8. The summed E-state index contributed by atoms with van der Waals surface area (Å²) < 4.78 is 32.4. The second-order valence-corrected chi connectivity index (χ2v) is 10.2. The number of amides is 1. The SMILES string of the molecule is COc1ccc([C@@H](C)NC(=O)C2CCN(S(=O)(=O)c3ccc(SC)cc3)CC2)cc1. The molecule has 0 aromatic heterocycles. The van der Waals surface area contributed by atoms with E-state index < -0.39 is 10.0 Å². The molecule has 2 aromatic rings. The lowest BCUT2D eigenvalue weighted by atomic mass is 9.96. The topological polar surface area (TPSA) is 75.7 Å². The predicted molar refractivity (Wildman–Crippen MR) is 119 cm³/mol. The number of hydrogen-bond acceptors (Lipinski definition) is 5. The van der Waals surface area contributed by atoms with Crippen molar-refractivity contribution in [3.63, 3.8) is 0 Å². The molecule has 8 heteroatoms. The number of carbonyl (C=O) groups excluding carboxylic acids is 1. The van der Waals surface area contributed by atoms with Crippen LogP contribution >= 0.6 is 11.8 Å². The molecule has 1 aliphatic heterocycles. The van der Waals surface area contributed by atoms with Gasteiger partial charge in [-0.2, -0.15) is 4.31 Å². The molecule has 0 unspecified atom stereocenters. The van der Waals surface area contributed by atoms with Crippen molar-refractivity contribution in [2.24, 2.45) is 5.92 Å². The predicted octanol–water partition coefficient (Wildman–Crippen LogP) is 3.70. The summed E-state index contributed by atoms with van der Waals surface area (Å²) in [6.07, 6.45) is 2.99. The highest BCUT2D eigenvalue weighted by molar-refractivity contribution is 7.98. The number of rotatable bonds is 7. The second kappa shape index (κ2) is 9.85. The van der Waals surface area contributed by atoms with Crippen molar-refractivity contribution >= 4 is 27.7 Å². The fourth-order valence-electron chi connectivity index (χ4n) is 3.56. The molecule has 1 N–H and O–H groups in total. The molecule has 6 nitrogen and oxygen atoms in total. The number of benzene rings is 2. The quantitative estimate of drug-likeness (QED) is 0.654. The van der Waals surface area contributed by atoms with Crippen LogP contribution in [-0.2, 0) is 14.8 Å². The Balaban J connectivity index is 1.56. The lowest BCUT2D eigenvalue weighted by Crippen LogP contribution is -2.43. The van der Waals surface area contributed by atoms with Crippen LogP contribution in [0.3, 0.4) is 0 Å². The Kier molecular flexibility index (Phi) is 7.44. The molecule has 1 saturated heterocycles. The monoisotopic (exact) mass is 448 g/mol. The maximum atomic E-state index is 12.9. The molecule has 0 bridgehead atoms. The van der Waals surface area contributed by atoms with Crippen LogP contribution in [0.4, 0.5) is 0 Å². The Hall–Kier alpha value is -2.03. The summed E-state index contributed by atoms with van der Waals surface area (Å²) in [6.45, 7) is 2.64. The van der Waals surface area contributed by atoms with Crippen molar-refractivity contribution < 1.29 is 17.9 Å². The Morgan fingerprint density at radius 3 is 2.23 bits per heavy atom. The average molecular weight is 449 g/mol. The molecule has 2 aromatic carbocycles. The zero-order valence-corrected chi connectivity index (χ0v) is 19.1. The number of carbonyl (C=O) groups is 1. The zero-order chi connectivity index (χ0) is 21.7. The molecule has 1 heterocycles. The van der Waals surface area contributed by atoms with Crippen LogP contribution in [0, 0.1) is 5.92 Å². The summed E-state index contributed by atoms with van der Waals surface area (Å²) in [7, 11) is -1.91. The number of piperidine rings is 1. The van der Waals surface area contributed by atoms with Crippen molar-refractivity contribution in [3.05, 3.63) is 54.1 Å². The first-order valence-electron chi connectivity index (χ1n) is 9.93. The second-order valence-electron chi connectivity index (χ2n) is 7.36. The molecule has 0 spiro atoms. The molecular formula is C22H28N2O4S2. The fourth-order valence-corrected chi connectivity index (χ4v) is 5.44. The summed E-state index contributed by atoms with van der Waals surface area (Å²) in [5.41, 5.74) is 0.998. The van der Waals surface area contributed by atoms with Crippen molar-refractivity contribution in [2.75, 3.05) is 26.5 Å². The lowest BCUT2D eigenvalue weighted by Gasteiger charge is -2.31. The number of ether oxygens (including phenoxy) is 1. The van der Waals surface area contributed by atoms with Gasteiger partial charge in [0.2, 0.25) is 15.9 Å². The molecule has 0 radical (unpaired) electrons. The van der Waals surface area contributed by atoms with Crippen molar-refractivity contribution in [3.8, 4) is 5.75 Å². The van der Waals surface area contributed by atoms with Gasteiger partial charge < -0.3 is 10.1 Å². The van der Waals surface area contributed by atoms with Gasteiger partial charge in [0, 0.05) is 23.9 Å². The smallest absolute Gasteiger partial charge is 0.243 e. The molecule has 162 valence electrons. The summed E-state index contributed by atoms with van der Waals surface area (Å²) in [5.74, 6) is 0.560. The average Bonchev–Trinajstić information content (AvgIpc) is 2.79. The van der Waals surface area contributed by atoms with Crippen LogP contribution in [0.25, 0.3) is 0 Å². The van der Waals surface area contributed by atoms with E-state index in [1.54, 1.807) is 31.0 Å². The minimum Gasteiger partial charge on any atom is -0.497 e. The first-order valence-corrected chi connectivity index (χ1v) is 12.6. The first-order chi connectivity index (χ1) is 14.3. The number of sulfonamides is 1. The largest absolute Gasteiger partial charge is 0.497 e. The van der Waals surface area contributed by atoms with E-state index in [1.807, 2.05) is 49.6 Å². The minimum atomic E-state index is -3.53. The minimum absolute atomic E-state index is 0.0281. The van der Waals surface area contributed by atoms with Crippen molar-refractivity contribution in [1.29, 1.82) is 0 Å². The van der Waals surface area contributed by atoms with E-state index in [0.29, 0.717) is 30.8 Å². The third kappa shape index (κ3) is 5.17. The Labute approximate surface area is 183 Å². The molecule has 1 fully saturated rings. The molecular weight excluding hydrogens is 420 g/mol. The van der Waals surface area contributed by atoms with Crippen molar-refractivity contribution in [1.82, 2.24) is 9.62 Å². The van der Waals surface area contributed by atoms with Crippen LogP contribution in [-0.4, -0.2) is 45.1 Å². The van der Waals surface area contributed by atoms with Gasteiger partial charge in [-0.25, -0.2) is 8.42 Å². The summed E-state index contributed by atoms with van der Waals surface area (Å²) in [6, 6.07) is 14.4. The van der Waals surface area contributed by atoms with Gasteiger partial charge in [0.15, 0.2) is 0 Å². The van der Waals surface area contributed by atoms with Gasteiger partial charge >= 0.3 is 0 Å². The van der Waals surface area contributed by atoms with Gasteiger partial charge in [-0.05, 0) is 68.0 Å². The lowest BCUT2D eigenvalue weighted by molar-refractivity contribution is -0.126. The highest BCUT2D eigenvalue weighted by Gasteiger charge is 2.32. The highest BCUT2D eigenvalue weighted by atomic mass is 32.2. The zero-order valence-electron chi connectivity index (χ0n) is 17.5. The van der Waals surface area contributed by atoms with Crippen LogP contribution in [0.2, 0.25) is 0 Å². The molecule has 1 amide bonds. The number of methoxy groups -OCH3 is 1. The highest BCUT2D eigenvalue weighted by Crippen LogP contribution is 2.26. The first kappa shape index (κ1) is 22.7. The number of nitrogens with one attached hydrogen (secondary N) is 1. The number of hydrogen-bond donors (Lipinski definition) is 1. The summed E-state index contributed by atoms with van der Waals surface area (Å²) >= 11 is 1.57. The number of nitrogens with zero attached hydrogens (tertiary/aromatic N) is 1. The Morgan fingerprint density at radius 2 is 1.70 bits per heavy atom. The molecule has 1 aliphatic rings. The van der Waals surface area contributed by atoms with E-state index in [0.717, 1.165) is 16.2 Å². The van der Waals surface area contributed by atoms with Crippen LogP contribution in [0.15, 0.2) is 58.3 Å². The van der Waals surface area contributed by atoms with Crippen LogP contribution in [0.1, 0.15) is 31.4 Å². The maximum absolute atomic E-state index is 12.9. The van der Waals surface area contributed by atoms with Gasteiger partial charge in [-0.1, -0.05) is 12.1 Å². The van der Waals surface area contributed by atoms with Gasteiger partial charge in [0.1, 0.15) is 5.75 Å². The third-order valence-corrected chi connectivity index (χ3v) is 8.15. The Bertz CT molecular complexity index is 952. The van der Waals surface area contributed by atoms with Gasteiger partial charge in [0.25, 0.3) is 0 Å². The summed E-state index contributed by atoms with van der Waals surface area (Å²) in [4.78, 5) is 14.0. The van der Waals surface area contributed by atoms with E-state index in [2.05, 4.69) is 5.32 Å². The van der Waals surface area contributed by atoms with E-state index >= 15 is 0 Å². The Morgan fingerprint density at radius 1 is 1.10 bits per heavy atom. The molecule has 0 aliphatic carbocycles. The van der Waals surface area contributed by atoms with E-state index in [9.17, 15) is 13.2 Å². The molecule has 1 atom stereocenters. The van der Waals surface area contributed by atoms with Gasteiger partial charge in [0.05, 0.1) is 18.0 Å². The number of thioether (sulfide) groups is 1. The van der Waals surface area contributed by atoms with E-state index in [-0.39, 0.29) is 17.9 Å². The molecule has 0 saturated carbocycles. The van der Waals surface area contributed by atoms with Gasteiger partial charge in [-0.3, -0.25) is 4.79 Å². The van der Waals surface area contributed by atoms with Crippen molar-refractivity contribution in [2.45, 2.75) is 35.6 Å². The maximum Gasteiger partial charge on any atom is 0.243 e. The summed E-state index contributed by atoms with van der Waals surface area (Å²) in [5, 5.41) is 3.05. The molecule has 3 rings (SSSR count).